The predicted molar refractivity (Wildman–Crippen MR) is 75.7 cm³/mol. The number of hydrogen-bond donors (Lipinski definition) is 2. The Morgan fingerprint density at radius 1 is 1.00 bits per heavy atom. The lowest BCUT2D eigenvalue weighted by Gasteiger charge is -2.06. The summed E-state index contributed by atoms with van der Waals surface area (Å²) in [6, 6.07) is 9.94. The minimum absolute atomic E-state index is 0.0848. The lowest BCUT2D eigenvalue weighted by atomic mass is 10.1. The predicted octanol–water partition coefficient (Wildman–Crippen LogP) is 1.65. The Bertz CT molecular complexity index is 390. The van der Waals surface area contributed by atoms with Crippen LogP contribution < -0.4 is 10.6 Å². The van der Waals surface area contributed by atoms with E-state index in [1.54, 1.807) is 0 Å². The second-order valence-electron chi connectivity index (χ2n) is 4.47. The van der Waals surface area contributed by atoms with Gasteiger partial charge in [0.25, 0.3) is 0 Å². The van der Waals surface area contributed by atoms with Crippen LogP contribution in [0.15, 0.2) is 30.3 Å². The summed E-state index contributed by atoms with van der Waals surface area (Å²) in [6.07, 6.45) is 2.67. The lowest BCUT2D eigenvalue weighted by molar-refractivity contribution is -0.129. The van der Waals surface area contributed by atoms with Crippen LogP contribution in [0.5, 0.6) is 0 Å². The van der Waals surface area contributed by atoms with Gasteiger partial charge in [-0.1, -0.05) is 43.7 Å². The van der Waals surface area contributed by atoms with Crippen LogP contribution in [0.3, 0.4) is 0 Å². The Morgan fingerprint density at radius 2 is 1.63 bits per heavy atom. The number of nitrogens with one attached hydrogen (secondary N) is 2. The van der Waals surface area contributed by atoms with E-state index in [0.29, 0.717) is 13.1 Å². The molecule has 104 valence electrons. The van der Waals surface area contributed by atoms with Crippen molar-refractivity contribution in [1.29, 1.82) is 0 Å². The van der Waals surface area contributed by atoms with Crippen molar-refractivity contribution >= 4 is 11.8 Å². The highest BCUT2D eigenvalue weighted by atomic mass is 16.2. The SMILES string of the molecule is CCCCNC(=O)CC(=O)NCCc1ccccc1. The average molecular weight is 262 g/mol. The van der Waals surface area contributed by atoms with Crippen molar-refractivity contribution in [3.63, 3.8) is 0 Å². The highest BCUT2D eigenvalue weighted by molar-refractivity contribution is 5.96. The summed E-state index contributed by atoms with van der Waals surface area (Å²) >= 11 is 0. The third-order valence-corrected chi connectivity index (χ3v) is 2.75. The summed E-state index contributed by atoms with van der Waals surface area (Å²) < 4.78 is 0. The zero-order valence-electron chi connectivity index (χ0n) is 11.4. The maximum absolute atomic E-state index is 11.5. The molecule has 0 unspecified atom stereocenters. The molecule has 4 nitrogen and oxygen atoms in total. The molecule has 0 aromatic heterocycles. The fraction of sp³-hybridized carbons (Fsp3) is 0.467. The average Bonchev–Trinajstić information content (AvgIpc) is 2.40. The molecule has 0 aliphatic rings. The third-order valence-electron chi connectivity index (χ3n) is 2.75. The fourth-order valence-corrected chi connectivity index (χ4v) is 1.67. The van der Waals surface area contributed by atoms with Crippen molar-refractivity contribution < 1.29 is 9.59 Å². The van der Waals surface area contributed by atoms with Gasteiger partial charge in [0.05, 0.1) is 0 Å². The number of hydrogen-bond acceptors (Lipinski definition) is 2. The van der Waals surface area contributed by atoms with E-state index in [9.17, 15) is 9.59 Å². The van der Waals surface area contributed by atoms with E-state index in [0.717, 1.165) is 19.3 Å². The van der Waals surface area contributed by atoms with Crippen molar-refractivity contribution in [3.8, 4) is 0 Å². The number of benzene rings is 1. The minimum Gasteiger partial charge on any atom is -0.356 e. The number of carbonyl (C=O) groups is 2. The van der Waals surface area contributed by atoms with Crippen molar-refractivity contribution in [2.24, 2.45) is 0 Å². The van der Waals surface area contributed by atoms with Crippen LogP contribution in [0.2, 0.25) is 0 Å². The molecular formula is C15H22N2O2. The van der Waals surface area contributed by atoms with Crippen LogP contribution in [0, 0.1) is 0 Å². The summed E-state index contributed by atoms with van der Waals surface area (Å²) in [7, 11) is 0. The quantitative estimate of drug-likeness (QED) is 0.553. The monoisotopic (exact) mass is 262 g/mol. The Kier molecular flexibility index (Phi) is 7.32. The first-order valence-electron chi connectivity index (χ1n) is 6.79. The maximum Gasteiger partial charge on any atom is 0.229 e. The van der Waals surface area contributed by atoms with Gasteiger partial charge in [-0.3, -0.25) is 9.59 Å². The molecule has 0 aliphatic carbocycles. The van der Waals surface area contributed by atoms with Gasteiger partial charge in [-0.25, -0.2) is 0 Å². The van der Waals surface area contributed by atoms with E-state index in [1.165, 1.54) is 5.56 Å². The fourth-order valence-electron chi connectivity index (χ4n) is 1.67. The van der Waals surface area contributed by atoms with E-state index >= 15 is 0 Å². The van der Waals surface area contributed by atoms with Gasteiger partial charge in [-0.05, 0) is 18.4 Å². The van der Waals surface area contributed by atoms with Gasteiger partial charge < -0.3 is 10.6 Å². The number of carbonyl (C=O) groups excluding carboxylic acids is 2. The van der Waals surface area contributed by atoms with Gasteiger partial charge in [-0.2, -0.15) is 0 Å². The van der Waals surface area contributed by atoms with Crippen LogP contribution in [0.4, 0.5) is 0 Å². The Labute approximate surface area is 114 Å². The number of amides is 2. The molecule has 4 heteroatoms. The molecular weight excluding hydrogens is 240 g/mol. The second kappa shape index (κ2) is 9.14. The molecule has 1 aromatic rings. The summed E-state index contributed by atoms with van der Waals surface area (Å²) in [4.78, 5) is 22.9. The lowest BCUT2D eigenvalue weighted by Crippen LogP contribution is -2.33. The molecule has 0 aliphatic heterocycles. The molecule has 0 saturated carbocycles. The second-order valence-corrected chi connectivity index (χ2v) is 4.47. The molecule has 19 heavy (non-hydrogen) atoms. The van der Waals surface area contributed by atoms with Gasteiger partial charge in [0.2, 0.25) is 11.8 Å². The van der Waals surface area contributed by atoms with Gasteiger partial charge in [-0.15, -0.1) is 0 Å². The summed E-state index contributed by atoms with van der Waals surface area (Å²) in [5.41, 5.74) is 1.18. The molecule has 0 atom stereocenters. The molecule has 2 N–H and O–H groups in total. The molecule has 0 saturated heterocycles. The largest absolute Gasteiger partial charge is 0.356 e. The topological polar surface area (TPSA) is 58.2 Å². The number of unbranched alkanes of at least 4 members (excludes halogenated alkanes) is 1. The third kappa shape index (κ3) is 7.24. The summed E-state index contributed by atoms with van der Waals surface area (Å²) in [6.45, 7) is 3.26. The van der Waals surface area contributed by atoms with Crippen LogP contribution in [-0.4, -0.2) is 24.9 Å². The highest BCUT2D eigenvalue weighted by Crippen LogP contribution is 1.98. The summed E-state index contributed by atoms with van der Waals surface area (Å²) in [5.74, 6) is -0.421. The molecule has 2 amide bonds. The Balaban J connectivity index is 2.12. The van der Waals surface area contributed by atoms with Crippen molar-refractivity contribution in [3.05, 3.63) is 35.9 Å². The minimum atomic E-state index is -0.218. The van der Waals surface area contributed by atoms with E-state index in [4.69, 9.17) is 0 Å². The zero-order chi connectivity index (χ0) is 13.9. The summed E-state index contributed by atoms with van der Waals surface area (Å²) in [5, 5.41) is 5.48. The van der Waals surface area contributed by atoms with E-state index < -0.39 is 0 Å². The van der Waals surface area contributed by atoms with Gasteiger partial charge >= 0.3 is 0 Å². The Hall–Kier alpha value is -1.84. The molecule has 0 radical (unpaired) electrons. The molecule has 1 aromatic carbocycles. The molecule has 0 bridgehead atoms. The van der Waals surface area contributed by atoms with Crippen molar-refractivity contribution in [2.45, 2.75) is 32.6 Å². The normalized spacial score (nSPS) is 9.95. The molecule has 0 spiro atoms. The molecule has 0 fully saturated rings. The maximum atomic E-state index is 11.5. The highest BCUT2D eigenvalue weighted by Gasteiger charge is 2.07. The van der Waals surface area contributed by atoms with Gasteiger partial charge in [0.1, 0.15) is 6.42 Å². The van der Waals surface area contributed by atoms with Crippen LogP contribution in [0.1, 0.15) is 31.7 Å². The number of rotatable bonds is 8. The zero-order valence-corrected chi connectivity index (χ0v) is 11.4. The van der Waals surface area contributed by atoms with E-state index in [2.05, 4.69) is 17.6 Å². The van der Waals surface area contributed by atoms with Crippen LogP contribution in [0.25, 0.3) is 0 Å². The smallest absolute Gasteiger partial charge is 0.229 e. The van der Waals surface area contributed by atoms with Crippen LogP contribution in [-0.2, 0) is 16.0 Å². The standard InChI is InChI=1S/C15H22N2O2/c1-2-3-10-16-14(18)12-15(19)17-11-9-13-7-5-4-6-8-13/h4-8H,2-3,9-12H2,1H3,(H,16,18)(H,17,19). The van der Waals surface area contributed by atoms with Gasteiger partial charge in [0.15, 0.2) is 0 Å². The van der Waals surface area contributed by atoms with E-state index in [-0.39, 0.29) is 18.2 Å². The molecule has 0 heterocycles. The van der Waals surface area contributed by atoms with Crippen molar-refractivity contribution in [2.75, 3.05) is 13.1 Å². The Morgan fingerprint density at radius 3 is 2.26 bits per heavy atom. The van der Waals surface area contributed by atoms with Crippen molar-refractivity contribution in [1.82, 2.24) is 10.6 Å². The van der Waals surface area contributed by atoms with Gasteiger partial charge in [0, 0.05) is 13.1 Å². The first-order chi connectivity index (χ1) is 9.22. The molecule has 1 rings (SSSR count). The van der Waals surface area contributed by atoms with Crippen LogP contribution >= 0.6 is 0 Å². The first kappa shape index (κ1) is 15.2. The van der Waals surface area contributed by atoms with E-state index in [1.807, 2.05) is 30.3 Å². The first-order valence-corrected chi connectivity index (χ1v) is 6.79.